The van der Waals surface area contributed by atoms with Crippen LogP contribution in [0.1, 0.15) is 0 Å². The molecule has 120 valence electrons. The van der Waals surface area contributed by atoms with E-state index in [2.05, 4.69) is 25.0 Å². The fourth-order valence-corrected chi connectivity index (χ4v) is 2.84. The summed E-state index contributed by atoms with van der Waals surface area (Å²) in [6.07, 6.45) is 6.72. The van der Waals surface area contributed by atoms with Gasteiger partial charge in [0.05, 0.1) is 12.2 Å². The highest BCUT2D eigenvalue weighted by atomic mass is 16.1. The molecule has 0 unspecified atom stereocenters. The zero-order valence-electron chi connectivity index (χ0n) is 13.0. The van der Waals surface area contributed by atoms with Crippen LogP contribution in [0.2, 0.25) is 0 Å². The maximum Gasteiger partial charge on any atom is 0.266 e. The highest BCUT2D eigenvalue weighted by molar-refractivity contribution is 5.57. The molecule has 0 bridgehead atoms. The van der Waals surface area contributed by atoms with Crippen LogP contribution in [0.15, 0.2) is 60.0 Å². The fraction of sp³-hybridized carbons (Fsp3) is 0.235. The van der Waals surface area contributed by atoms with Crippen molar-refractivity contribution in [2.75, 3.05) is 18.0 Å². The van der Waals surface area contributed by atoms with E-state index < -0.39 is 0 Å². The lowest BCUT2D eigenvalue weighted by Crippen LogP contribution is -2.50. The van der Waals surface area contributed by atoms with Gasteiger partial charge in [-0.25, -0.2) is 14.6 Å². The van der Waals surface area contributed by atoms with Gasteiger partial charge in [-0.3, -0.25) is 9.78 Å². The van der Waals surface area contributed by atoms with Gasteiger partial charge in [-0.15, -0.1) is 0 Å². The summed E-state index contributed by atoms with van der Waals surface area (Å²) >= 11 is 0. The molecule has 0 radical (unpaired) electrons. The number of pyridine rings is 1. The molecule has 4 heterocycles. The number of hydrogen-bond donors (Lipinski definition) is 0. The summed E-state index contributed by atoms with van der Waals surface area (Å²) < 4.78 is 1.55. The van der Waals surface area contributed by atoms with Gasteiger partial charge in [0.25, 0.3) is 5.56 Å². The van der Waals surface area contributed by atoms with Crippen molar-refractivity contribution in [1.29, 1.82) is 0 Å². The summed E-state index contributed by atoms with van der Waals surface area (Å²) in [5.74, 6) is 1.31. The van der Waals surface area contributed by atoms with Crippen LogP contribution in [0, 0.1) is 5.92 Å². The molecule has 7 nitrogen and oxygen atoms in total. The number of rotatable bonds is 4. The lowest BCUT2D eigenvalue weighted by Gasteiger charge is -2.40. The first-order valence-corrected chi connectivity index (χ1v) is 7.79. The predicted molar refractivity (Wildman–Crippen MR) is 89.5 cm³/mol. The molecular weight excluding hydrogens is 304 g/mol. The van der Waals surface area contributed by atoms with Gasteiger partial charge < -0.3 is 4.90 Å². The van der Waals surface area contributed by atoms with Gasteiger partial charge in [-0.1, -0.05) is 0 Å². The molecule has 1 saturated heterocycles. The molecule has 3 aromatic rings. The van der Waals surface area contributed by atoms with E-state index in [1.807, 2.05) is 18.2 Å². The van der Waals surface area contributed by atoms with Gasteiger partial charge in [-0.05, 0) is 24.3 Å². The van der Waals surface area contributed by atoms with Crippen LogP contribution in [-0.4, -0.2) is 37.8 Å². The van der Waals surface area contributed by atoms with Crippen molar-refractivity contribution in [3.8, 4) is 11.3 Å². The molecule has 0 atom stereocenters. The molecule has 1 fully saturated rings. The van der Waals surface area contributed by atoms with E-state index in [0.29, 0.717) is 12.5 Å². The largest absolute Gasteiger partial charge is 0.356 e. The van der Waals surface area contributed by atoms with Crippen LogP contribution in [0.3, 0.4) is 0 Å². The standard InChI is InChI=1S/C17H16N6O/c24-17-2-1-15(14-3-6-18-7-4-14)21-23(17)11-13-9-22(10-13)16-5-8-19-12-20-16/h1-8,12-13H,9-11H2. The Hall–Kier alpha value is -3.09. The van der Waals surface area contributed by atoms with Gasteiger partial charge in [0.2, 0.25) is 0 Å². The number of anilines is 1. The minimum atomic E-state index is -0.0757. The average Bonchev–Trinajstić information content (AvgIpc) is 2.60. The number of aromatic nitrogens is 5. The maximum absolute atomic E-state index is 12.1. The Morgan fingerprint density at radius 3 is 2.54 bits per heavy atom. The molecule has 24 heavy (non-hydrogen) atoms. The minimum absolute atomic E-state index is 0.0757. The van der Waals surface area contributed by atoms with Gasteiger partial charge >= 0.3 is 0 Å². The molecule has 0 spiro atoms. The third-order valence-electron chi connectivity index (χ3n) is 4.12. The fourth-order valence-electron chi connectivity index (χ4n) is 2.84. The second kappa shape index (κ2) is 6.19. The van der Waals surface area contributed by atoms with Gasteiger partial charge in [0.1, 0.15) is 12.1 Å². The average molecular weight is 320 g/mol. The van der Waals surface area contributed by atoms with E-state index in [1.54, 1.807) is 41.7 Å². The Balaban J connectivity index is 1.47. The summed E-state index contributed by atoms with van der Waals surface area (Å²) in [6, 6.07) is 8.99. The molecule has 3 aromatic heterocycles. The SMILES string of the molecule is O=c1ccc(-c2ccncc2)nn1CC1CN(c2ccncn2)C1. The first-order valence-electron chi connectivity index (χ1n) is 7.79. The highest BCUT2D eigenvalue weighted by Crippen LogP contribution is 2.23. The monoisotopic (exact) mass is 320 g/mol. The molecule has 7 heteroatoms. The second-order valence-corrected chi connectivity index (χ2v) is 5.81. The van der Waals surface area contributed by atoms with Crippen molar-refractivity contribution in [3.63, 3.8) is 0 Å². The van der Waals surface area contributed by atoms with E-state index >= 15 is 0 Å². The first kappa shape index (κ1) is 14.5. The third-order valence-corrected chi connectivity index (χ3v) is 4.12. The summed E-state index contributed by atoms with van der Waals surface area (Å²) in [6.45, 7) is 2.34. The Morgan fingerprint density at radius 1 is 1.00 bits per heavy atom. The molecule has 1 aliphatic rings. The van der Waals surface area contributed by atoms with Crippen LogP contribution in [0.4, 0.5) is 5.82 Å². The van der Waals surface area contributed by atoms with E-state index in [9.17, 15) is 4.79 Å². The zero-order chi connectivity index (χ0) is 16.4. The maximum atomic E-state index is 12.1. The van der Waals surface area contributed by atoms with Gasteiger partial charge in [0.15, 0.2) is 0 Å². The van der Waals surface area contributed by atoms with E-state index in [-0.39, 0.29) is 5.56 Å². The van der Waals surface area contributed by atoms with Crippen LogP contribution in [-0.2, 0) is 6.54 Å². The summed E-state index contributed by atoms with van der Waals surface area (Å²) in [4.78, 5) is 26.4. The molecular formula is C17H16N6O. The van der Waals surface area contributed by atoms with Crippen molar-refractivity contribution in [3.05, 3.63) is 65.6 Å². The Kier molecular flexibility index (Phi) is 3.74. The molecule has 0 aliphatic carbocycles. The lowest BCUT2D eigenvalue weighted by molar-refractivity contribution is 0.333. The van der Waals surface area contributed by atoms with E-state index in [4.69, 9.17) is 0 Å². The lowest BCUT2D eigenvalue weighted by atomic mass is 10.0. The Morgan fingerprint density at radius 2 is 1.79 bits per heavy atom. The molecule has 0 amide bonds. The summed E-state index contributed by atoms with van der Waals surface area (Å²) in [7, 11) is 0. The molecule has 0 saturated carbocycles. The van der Waals surface area contributed by atoms with Crippen molar-refractivity contribution in [2.45, 2.75) is 6.54 Å². The molecule has 1 aliphatic heterocycles. The predicted octanol–water partition coefficient (Wildman–Crippen LogP) is 1.23. The van der Waals surface area contributed by atoms with E-state index in [0.717, 1.165) is 30.2 Å². The van der Waals surface area contributed by atoms with Gasteiger partial charge in [0, 0.05) is 49.2 Å². The third kappa shape index (κ3) is 2.88. The molecule has 0 aromatic carbocycles. The minimum Gasteiger partial charge on any atom is -0.356 e. The quantitative estimate of drug-likeness (QED) is 0.719. The van der Waals surface area contributed by atoms with E-state index in [1.165, 1.54) is 0 Å². The molecule has 4 rings (SSSR count). The van der Waals surface area contributed by atoms with Crippen molar-refractivity contribution < 1.29 is 0 Å². The highest BCUT2D eigenvalue weighted by Gasteiger charge is 2.28. The zero-order valence-corrected chi connectivity index (χ0v) is 13.0. The Labute approximate surface area is 138 Å². The first-order chi connectivity index (χ1) is 11.8. The van der Waals surface area contributed by atoms with Crippen LogP contribution >= 0.6 is 0 Å². The Bertz CT molecular complexity index is 874. The second-order valence-electron chi connectivity index (χ2n) is 5.81. The van der Waals surface area contributed by atoms with Crippen LogP contribution < -0.4 is 10.5 Å². The van der Waals surface area contributed by atoms with Crippen molar-refractivity contribution in [1.82, 2.24) is 24.7 Å². The normalized spacial score (nSPS) is 14.4. The summed E-state index contributed by atoms with van der Waals surface area (Å²) in [5, 5.41) is 4.49. The van der Waals surface area contributed by atoms with Crippen molar-refractivity contribution >= 4 is 5.82 Å². The molecule has 0 N–H and O–H groups in total. The van der Waals surface area contributed by atoms with Crippen LogP contribution in [0.25, 0.3) is 11.3 Å². The topological polar surface area (TPSA) is 76.8 Å². The smallest absolute Gasteiger partial charge is 0.266 e. The van der Waals surface area contributed by atoms with Gasteiger partial charge in [-0.2, -0.15) is 5.10 Å². The number of hydrogen-bond acceptors (Lipinski definition) is 6. The summed E-state index contributed by atoms with van der Waals surface area (Å²) in [5.41, 5.74) is 1.66. The number of nitrogens with zero attached hydrogens (tertiary/aromatic N) is 6. The van der Waals surface area contributed by atoms with Crippen molar-refractivity contribution in [2.24, 2.45) is 5.92 Å². The van der Waals surface area contributed by atoms with Crippen LogP contribution in [0.5, 0.6) is 0 Å².